The molecule has 0 aromatic carbocycles. The fraction of sp³-hybridized carbons (Fsp3) is 1.00. The maximum atomic E-state index is 10.3. The molecule has 2 aliphatic heterocycles. The third-order valence-corrected chi connectivity index (χ3v) is 4.84. The predicted molar refractivity (Wildman–Crippen MR) is 80.9 cm³/mol. The van der Waals surface area contributed by atoms with Crippen LogP contribution in [0.4, 0.5) is 0 Å². The molecular formula is C15H28O10. The van der Waals surface area contributed by atoms with Gasteiger partial charge in [-0.05, 0) is 5.92 Å². The van der Waals surface area contributed by atoms with Crippen molar-refractivity contribution in [1.29, 1.82) is 0 Å². The van der Waals surface area contributed by atoms with Gasteiger partial charge in [0.15, 0.2) is 12.6 Å². The molecular weight excluding hydrogens is 340 g/mol. The molecule has 2 fully saturated rings. The molecule has 7 N–H and O–H groups in total. The van der Waals surface area contributed by atoms with Crippen LogP contribution in [0.5, 0.6) is 0 Å². The number of hydrogen-bond acceptors (Lipinski definition) is 10. The maximum Gasteiger partial charge on any atom is 0.187 e. The SMILES string of the molecule is CC(C)C1C(CO)OC(OC2C(O)C(O)[C@H](O)O[C@H]2CO)C(O)C1O. The van der Waals surface area contributed by atoms with Crippen LogP contribution in [0.1, 0.15) is 13.8 Å². The van der Waals surface area contributed by atoms with E-state index in [4.69, 9.17) is 14.2 Å². The zero-order valence-electron chi connectivity index (χ0n) is 14.1. The van der Waals surface area contributed by atoms with Crippen LogP contribution in [0.3, 0.4) is 0 Å². The van der Waals surface area contributed by atoms with E-state index in [1.165, 1.54) is 0 Å². The van der Waals surface area contributed by atoms with E-state index >= 15 is 0 Å². The Labute approximate surface area is 145 Å². The summed E-state index contributed by atoms with van der Waals surface area (Å²) in [5.41, 5.74) is 0. The van der Waals surface area contributed by atoms with Gasteiger partial charge in [-0.3, -0.25) is 0 Å². The van der Waals surface area contributed by atoms with E-state index in [-0.39, 0.29) is 5.92 Å². The molecule has 0 radical (unpaired) electrons. The highest BCUT2D eigenvalue weighted by molar-refractivity contribution is 4.94. The second kappa shape index (κ2) is 8.53. The van der Waals surface area contributed by atoms with Crippen molar-refractivity contribution < 1.29 is 50.0 Å². The molecule has 2 heterocycles. The van der Waals surface area contributed by atoms with Crippen LogP contribution < -0.4 is 0 Å². The average molecular weight is 368 g/mol. The third-order valence-electron chi connectivity index (χ3n) is 4.84. The van der Waals surface area contributed by atoms with Crippen molar-refractivity contribution in [3.05, 3.63) is 0 Å². The van der Waals surface area contributed by atoms with Crippen molar-refractivity contribution in [2.45, 2.75) is 69.2 Å². The second-order valence-corrected chi connectivity index (χ2v) is 6.86. The molecule has 0 aromatic heterocycles. The van der Waals surface area contributed by atoms with E-state index in [9.17, 15) is 35.7 Å². The number of ether oxygens (including phenoxy) is 3. The molecule has 0 aliphatic carbocycles. The monoisotopic (exact) mass is 368 g/mol. The average Bonchev–Trinajstić information content (AvgIpc) is 2.57. The Morgan fingerprint density at radius 3 is 1.92 bits per heavy atom. The zero-order chi connectivity index (χ0) is 18.9. The fourth-order valence-electron chi connectivity index (χ4n) is 3.44. The first kappa shape index (κ1) is 20.9. The Morgan fingerprint density at radius 2 is 1.40 bits per heavy atom. The molecule has 2 aliphatic rings. The van der Waals surface area contributed by atoms with E-state index in [0.717, 1.165) is 0 Å². The first-order valence-corrected chi connectivity index (χ1v) is 8.31. The van der Waals surface area contributed by atoms with Crippen molar-refractivity contribution in [2.75, 3.05) is 13.2 Å². The van der Waals surface area contributed by atoms with E-state index in [2.05, 4.69) is 0 Å². The Balaban J connectivity index is 2.15. The summed E-state index contributed by atoms with van der Waals surface area (Å²) in [4.78, 5) is 0. The highest BCUT2D eigenvalue weighted by Gasteiger charge is 2.50. The van der Waals surface area contributed by atoms with Crippen molar-refractivity contribution in [1.82, 2.24) is 0 Å². The standard InChI is InChI=1S/C15H28O10/c1-5(2)8-6(3-16)24-15(12(21)9(8)18)25-13-7(4-17)23-14(22)11(20)10(13)19/h5-22H,3-4H2,1-2H3/t6?,7-,8?,9?,10?,11?,12?,13?,14+,15?/m0/s1. The first-order chi connectivity index (χ1) is 11.7. The van der Waals surface area contributed by atoms with Crippen LogP contribution in [0.25, 0.3) is 0 Å². The molecule has 0 saturated carbocycles. The molecule has 0 amide bonds. The predicted octanol–water partition coefficient (Wildman–Crippen LogP) is -3.49. The summed E-state index contributed by atoms with van der Waals surface area (Å²) in [7, 11) is 0. The summed E-state index contributed by atoms with van der Waals surface area (Å²) in [5, 5.41) is 68.8. The summed E-state index contributed by atoms with van der Waals surface area (Å²) in [5.74, 6) is -0.623. The van der Waals surface area contributed by atoms with Gasteiger partial charge in [-0.1, -0.05) is 13.8 Å². The third kappa shape index (κ3) is 4.14. The van der Waals surface area contributed by atoms with Crippen LogP contribution in [0.15, 0.2) is 0 Å². The number of rotatable bonds is 5. The Morgan fingerprint density at radius 1 is 0.800 bits per heavy atom. The largest absolute Gasteiger partial charge is 0.394 e. The van der Waals surface area contributed by atoms with Gasteiger partial charge in [-0.25, -0.2) is 0 Å². The van der Waals surface area contributed by atoms with E-state index < -0.39 is 74.4 Å². The lowest BCUT2D eigenvalue weighted by Gasteiger charge is -2.47. The molecule has 0 bridgehead atoms. The van der Waals surface area contributed by atoms with Crippen LogP contribution in [0, 0.1) is 11.8 Å². The van der Waals surface area contributed by atoms with Gasteiger partial charge in [-0.15, -0.1) is 0 Å². The lowest BCUT2D eigenvalue weighted by Crippen LogP contribution is -2.63. The van der Waals surface area contributed by atoms with Crippen molar-refractivity contribution >= 4 is 0 Å². The summed E-state index contributed by atoms with van der Waals surface area (Å²) < 4.78 is 16.0. The van der Waals surface area contributed by atoms with E-state index in [1.54, 1.807) is 0 Å². The molecule has 10 atom stereocenters. The lowest BCUT2D eigenvalue weighted by atomic mass is 9.81. The smallest absolute Gasteiger partial charge is 0.187 e. The first-order valence-electron chi connectivity index (χ1n) is 8.31. The van der Waals surface area contributed by atoms with Crippen LogP contribution in [-0.2, 0) is 14.2 Å². The molecule has 25 heavy (non-hydrogen) atoms. The molecule has 2 rings (SSSR count). The van der Waals surface area contributed by atoms with Gasteiger partial charge in [0.1, 0.15) is 30.5 Å². The Kier molecular flexibility index (Phi) is 7.13. The topological polar surface area (TPSA) is 169 Å². The summed E-state index contributed by atoms with van der Waals surface area (Å²) >= 11 is 0. The van der Waals surface area contributed by atoms with E-state index in [1.807, 2.05) is 13.8 Å². The van der Waals surface area contributed by atoms with Gasteiger partial charge < -0.3 is 50.0 Å². The fourth-order valence-corrected chi connectivity index (χ4v) is 3.44. The van der Waals surface area contributed by atoms with Gasteiger partial charge in [0.25, 0.3) is 0 Å². The minimum Gasteiger partial charge on any atom is -0.394 e. The second-order valence-electron chi connectivity index (χ2n) is 6.86. The van der Waals surface area contributed by atoms with Gasteiger partial charge in [-0.2, -0.15) is 0 Å². The Bertz CT molecular complexity index is 417. The van der Waals surface area contributed by atoms with Crippen LogP contribution in [-0.4, -0.2) is 104 Å². The van der Waals surface area contributed by atoms with Crippen molar-refractivity contribution in [2.24, 2.45) is 11.8 Å². The molecule has 148 valence electrons. The van der Waals surface area contributed by atoms with E-state index in [0.29, 0.717) is 0 Å². The number of hydrogen-bond donors (Lipinski definition) is 7. The molecule has 0 aromatic rings. The minimum atomic E-state index is -1.70. The minimum absolute atomic E-state index is 0.0893. The summed E-state index contributed by atoms with van der Waals surface area (Å²) in [6.07, 6.45) is -12.5. The Hall–Kier alpha value is -0.400. The highest BCUT2D eigenvalue weighted by atomic mass is 16.7. The van der Waals surface area contributed by atoms with Gasteiger partial charge in [0, 0.05) is 5.92 Å². The van der Waals surface area contributed by atoms with Crippen molar-refractivity contribution in [3.8, 4) is 0 Å². The number of aliphatic hydroxyl groups excluding tert-OH is 7. The van der Waals surface area contributed by atoms with Gasteiger partial charge in [0.05, 0.1) is 25.4 Å². The molecule has 10 heteroatoms. The van der Waals surface area contributed by atoms with Crippen molar-refractivity contribution in [3.63, 3.8) is 0 Å². The van der Waals surface area contributed by atoms with Crippen LogP contribution >= 0.6 is 0 Å². The molecule has 2 saturated heterocycles. The molecule has 8 unspecified atom stereocenters. The van der Waals surface area contributed by atoms with Crippen LogP contribution in [0.2, 0.25) is 0 Å². The lowest BCUT2D eigenvalue weighted by molar-refractivity contribution is -0.353. The zero-order valence-corrected chi connectivity index (χ0v) is 14.1. The molecule has 0 spiro atoms. The maximum absolute atomic E-state index is 10.3. The number of aliphatic hydroxyl groups is 7. The summed E-state index contributed by atoms with van der Waals surface area (Å²) in [6, 6.07) is 0. The quantitative estimate of drug-likeness (QED) is 0.259. The normalized spacial score (nSPS) is 48.7. The highest BCUT2D eigenvalue weighted by Crippen LogP contribution is 2.34. The molecule has 10 nitrogen and oxygen atoms in total. The summed E-state index contributed by atoms with van der Waals surface area (Å²) in [6.45, 7) is 2.58. The van der Waals surface area contributed by atoms with Gasteiger partial charge >= 0.3 is 0 Å². The van der Waals surface area contributed by atoms with Gasteiger partial charge in [0.2, 0.25) is 0 Å².